The summed E-state index contributed by atoms with van der Waals surface area (Å²) in [5, 5.41) is 2.89. The van der Waals surface area contributed by atoms with E-state index in [0.717, 1.165) is 26.1 Å². The van der Waals surface area contributed by atoms with Gasteiger partial charge in [-0.3, -0.25) is 4.90 Å². The van der Waals surface area contributed by atoms with Crippen molar-refractivity contribution in [1.82, 2.24) is 10.2 Å². The molecule has 0 bridgehead atoms. The van der Waals surface area contributed by atoms with Crippen LogP contribution in [0.3, 0.4) is 0 Å². The molecule has 1 heterocycles. The van der Waals surface area contributed by atoms with Gasteiger partial charge in [0.05, 0.1) is 7.11 Å². The number of carbonyl (C=O) groups is 2. The third-order valence-corrected chi connectivity index (χ3v) is 5.58. The Morgan fingerprint density at radius 2 is 1.93 bits per heavy atom. The van der Waals surface area contributed by atoms with Crippen LogP contribution in [0.1, 0.15) is 39.2 Å². The molecule has 1 aromatic carbocycles. The van der Waals surface area contributed by atoms with E-state index < -0.39 is 17.2 Å². The van der Waals surface area contributed by atoms with E-state index in [1.807, 2.05) is 39.0 Å². The van der Waals surface area contributed by atoms with Gasteiger partial charge >= 0.3 is 12.1 Å². The van der Waals surface area contributed by atoms with Crippen molar-refractivity contribution >= 4 is 12.1 Å². The number of ether oxygens (including phenoxy) is 2. The van der Waals surface area contributed by atoms with Gasteiger partial charge in [0.1, 0.15) is 11.1 Å². The van der Waals surface area contributed by atoms with Crippen LogP contribution >= 0.6 is 0 Å². The molecule has 1 aromatic rings. The third-order valence-electron chi connectivity index (χ3n) is 5.58. The van der Waals surface area contributed by atoms with Crippen LogP contribution in [0.5, 0.6) is 0 Å². The van der Waals surface area contributed by atoms with Crippen LogP contribution in [0.15, 0.2) is 30.3 Å². The fourth-order valence-electron chi connectivity index (χ4n) is 4.51. The van der Waals surface area contributed by atoms with Gasteiger partial charge in [0.25, 0.3) is 0 Å². The molecule has 1 aliphatic heterocycles. The first-order chi connectivity index (χ1) is 12.7. The Labute approximate surface area is 161 Å². The molecular formula is C21H30N2O4. The van der Waals surface area contributed by atoms with Gasteiger partial charge in [-0.2, -0.15) is 0 Å². The van der Waals surface area contributed by atoms with Crippen molar-refractivity contribution in [2.75, 3.05) is 20.2 Å². The topological polar surface area (TPSA) is 67.9 Å². The summed E-state index contributed by atoms with van der Waals surface area (Å²) >= 11 is 0. The van der Waals surface area contributed by atoms with E-state index in [2.05, 4.69) is 22.3 Å². The molecule has 27 heavy (non-hydrogen) atoms. The molecule has 0 aromatic heterocycles. The number of alkyl carbamates (subject to hydrolysis) is 1. The number of hydrogen-bond acceptors (Lipinski definition) is 5. The predicted octanol–water partition coefficient (Wildman–Crippen LogP) is 2.96. The Morgan fingerprint density at radius 3 is 2.56 bits per heavy atom. The lowest BCUT2D eigenvalue weighted by Gasteiger charge is -2.34. The Kier molecular flexibility index (Phi) is 5.47. The smallest absolute Gasteiger partial charge is 0.408 e. The number of hydrogen-bond donors (Lipinski definition) is 1. The Hall–Kier alpha value is -2.08. The van der Waals surface area contributed by atoms with E-state index in [0.29, 0.717) is 12.3 Å². The predicted molar refractivity (Wildman–Crippen MR) is 102 cm³/mol. The van der Waals surface area contributed by atoms with Crippen LogP contribution in [-0.2, 0) is 20.8 Å². The number of esters is 1. The van der Waals surface area contributed by atoms with E-state index in [4.69, 9.17) is 9.47 Å². The van der Waals surface area contributed by atoms with Gasteiger partial charge in [-0.1, -0.05) is 30.3 Å². The monoisotopic (exact) mass is 374 g/mol. The van der Waals surface area contributed by atoms with Crippen molar-refractivity contribution in [3.63, 3.8) is 0 Å². The van der Waals surface area contributed by atoms with Crippen LogP contribution in [0, 0.1) is 11.8 Å². The van der Waals surface area contributed by atoms with Crippen LogP contribution in [0.4, 0.5) is 4.79 Å². The third kappa shape index (κ3) is 4.26. The number of likely N-dealkylation sites (tertiary alicyclic amines) is 1. The van der Waals surface area contributed by atoms with Crippen LogP contribution < -0.4 is 5.32 Å². The van der Waals surface area contributed by atoms with Gasteiger partial charge in [-0.25, -0.2) is 9.59 Å². The number of fused-ring (bicyclic) bond motifs is 1. The molecule has 3 rings (SSSR count). The zero-order valence-electron chi connectivity index (χ0n) is 16.7. The molecule has 6 nitrogen and oxygen atoms in total. The maximum absolute atomic E-state index is 12.7. The van der Waals surface area contributed by atoms with Gasteiger partial charge in [0, 0.05) is 25.6 Å². The molecule has 3 unspecified atom stereocenters. The first kappa shape index (κ1) is 19.7. The number of carbonyl (C=O) groups excluding carboxylic acids is 2. The SMILES string of the molecule is COC(=O)C1(NC(=O)OC(C)(C)C)CCC2CN(Cc3ccccc3)CC21. The van der Waals surface area contributed by atoms with Crippen molar-refractivity contribution in [3.05, 3.63) is 35.9 Å². The molecule has 0 radical (unpaired) electrons. The summed E-state index contributed by atoms with van der Waals surface area (Å²) < 4.78 is 10.5. The second-order valence-electron chi connectivity index (χ2n) is 8.67. The zero-order chi connectivity index (χ0) is 19.7. The minimum Gasteiger partial charge on any atom is -0.467 e. The van der Waals surface area contributed by atoms with Crippen molar-refractivity contribution < 1.29 is 19.1 Å². The fourth-order valence-corrected chi connectivity index (χ4v) is 4.51. The molecule has 3 atom stereocenters. The van der Waals surface area contributed by atoms with Crippen molar-refractivity contribution in [3.8, 4) is 0 Å². The summed E-state index contributed by atoms with van der Waals surface area (Å²) in [6.07, 6.45) is 0.920. The highest BCUT2D eigenvalue weighted by atomic mass is 16.6. The first-order valence-electron chi connectivity index (χ1n) is 9.59. The van der Waals surface area contributed by atoms with E-state index in [1.165, 1.54) is 12.7 Å². The Morgan fingerprint density at radius 1 is 1.22 bits per heavy atom. The minimum atomic E-state index is -1.01. The molecule has 1 amide bonds. The van der Waals surface area contributed by atoms with Crippen LogP contribution in [0.2, 0.25) is 0 Å². The number of amides is 1. The molecule has 1 saturated heterocycles. The van der Waals surface area contributed by atoms with E-state index >= 15 is 0 Å². The van der Waals surface area contributed by atoms with E-state index in [1.54, 1.807) is 0 Å². The van der Waals surface area contributed by atoms with Crippen molar-refractivity contribution in [2.45, 2.75) is 51.3 Å². The first-order valence-corrected chi connectivity index (χ1v) is 9.59. The van der Waals surface area contributed by atoms with E-state index in [-0.39, 0.29) is 11.9 Å². The molecule has 6 heteroatoms. The summed E-state index contributed by atoms with van der Waals surface area (Å²) in [6, 6.07) is 10.3. The summed E-state index contributed by atoms with van der Waals surface area (Å²) in [6.45, 7) is 7.96. The second-order valence-corrected chi connectivity index (χ2v) is 8.67. The molecule has 0 spiro atoms. The van der Waals surface area contributed by atoms with Gasteiger partial charge in [-0.05, 0) is 45.1 Å². The highest BCUT2D eigenvalue weighted by molar-refractivity contribution is 5.87. The molecule has 1 aliphatic carbocycles. The number of nitrogens with one attached hydrogen (secondary N) is 1. The lowest BCUT2D eigenvalue weighted by atomic mass is 9.84. The minimum absolute atomic E-state index is 0.0289. The molecule has 1 saturated carbocycles. The second kappa shape index (κ2) is 7.50. The summed E-state index contributed by atoms with van der Waals surface area (Å²) in [7, 11) is 1.38. The summed E-state index contributed by atoms with van der Waals surface area (Å²) in [5.41, 5.74) is -0.372. The van der Waals surface area contributed by atoms with E-state index in [9.17, 15) is 9.59 Å². The Balaban J connectivity index is 1.75. The van der Waals surface area contributed by atoms with Crippen LogP contribution in [-0.4, -0.2) is 48.3 Å². The van der Waals surface area contributed by atoms with Gasteiger partial charge in [-0.15, -0.1) is 0 Å². The van der Waals surface area contributed by atoms with Crippen molar-refractivity contribution in [2.24, 2.45) is 11.8 Å². The molecule has 2 fully saturated rings. The molecular weight excluding hydrogens is 344 g/mol. The highest BCUT2D eigenvalue weighted by Gasteiger charge is 2.58. The van der Waals surface area contributed by atoms with Crippen molar-refractivity contribution in [1.29, 1.82) is 0 Å². The van der Waals surface area contributed by atoms with Crippen LogP contribution in [0.25, 0.3) is 0 Å². The maximum atomic E-state index is 12.7. The highest BCUT2D eigenvalue weighted by Crippen LogP contribution is 2.46. The Bertz CT molecular complexity index is 685. The number of benzene rings is 1. The molecule has 148 valence electrons. The number of nitrogens with zero attached hydrogens (tertiary/aromatic N) is 1. The fraction of sp³-hybridized carbons (Fsp3) is 0.619. The number of rotatable bonds is 4. The largest absolute Gasteiger partial charge is 0.467 e. The summed E-state index contributed by atoms with van der Waals surface area (Å²) in [4.78, 5) is 27.5. The molecule has 2 aliphatic rings. The lowest BCUT2D eigenvalue weighted by molar-refractivity contribution is -0.150. The number of methoxy groups -OCH3 is 1. The average Bonchev–Trinajstić information content (AvgIpc) is 3.13. The van der Waals surface area contributed by atoms with Gasteiger partial charge in [0.15, 0.2) is 0 Å². The standard InChI is InChI=1S/C21H30N2O4/c1-20(2,3)27-19(25)22-21(18(24)26-4)11-10-16-13-23(14-17(16)21)12-15-8-6-5-7-9-15/h5-9,16-17H,10-14H2,1-4H3,(H,22,25). The quantitative estimate of drug-likeness (QED) is 0.821. The normalized spacial score (nSPS) is 27.9. The molecule has 1 N–H and O–H groups in total. The maximum Gasteiger partial charge on any atom is 0.408 e. The lowest BCUT2D eigenvalue weighted by Crippen LogP contribution is -2.59. The van der Waals surface area contributed by atoms with Gasteiger partial charge < -0.3 is 14.8 Å². The van der Waals surface area contributed by atoms with Gasteiger partial charge in [0.2, 0.25) is 0 Å². The summed E-state index contributed by atoms with van der Waals surface area (Å²) in [5.74, 6) is 0.0198. The average molecular weight is 374 g/mol. The zero-order valence-corrected chi connectivity index (χ0v) is 16.7.